The van der Waals surface area contributed by atoms with Gasteiger partial charge >= 0.3 is 0 Å². The van der Waals surface area contributed by atoms with Crippen molar-refractivity contribution in [3.05, 3.63) is 69.8 Å². The molecule has 0 bridgehead atoms. The molecule has 3 aromatic rings. The minimum atomic E-state index is -0.438. The monoisotopic (exact) mass is 378 g/mol. The van der Waals surface area contributed by atoms with Gasteiger partial charge in [0.05, 0.1) is 23.8 Å². The van der Waals surface area contributed by atoms with Gasteiger partial charge < -0.3 is 10.6 Å². The van der Waals surface area contributed by atoms with Crippen molar-refractivity contribution in [3.63, 3.8) is 0 Å². The van der Waals surface area contributed by atoms with Crippen LogP contribution in [0.3, 0.4) is 0 Å². The summed E-state index contributed by atoms with van der Waals surface area (Å²) in [4.78, 5) is 40.9. The van der Waals surface area contributed by atoms with Crippen molar-refractivity contribution >= 4 is 28.4 Å². The van der Waals surface area contributed by atoms with Gasteiger partial charge in [0.15, 0.2) is 0 Å². The molecule has 2 aromatic carbocycles. The highest BCUT2D eigenvalue weighted by atomic mass is 16.2. The molecule has 2 N–H and O–H groups in total. The van der Waals surface area contributed by atoms with E-state index < -0.39 is 5.91 Å². The third kappa shape index (κ3) is 4.25. The van der Waals surface area contributed by atoms with E-state index in [0.29, 0.717) is 10.9 Å². The number of carbonyl (C=O) groups is 2. The number of nitrogens with zero attached hydrogens (tertiary/aromatic N) is 2. The van der Waals surface area contributed by atoms with Crippen molar-refractivity contribution in [2.75, 3.05) is 11.9 Å². The van der Waals surface area contributed by atoms with E-state index in [1.165, 1.54) is 10.9 Å². The molecule has 0 atom stereocenters. The number of carbonyl (C=O) groups excluding carboxylic acids is 2. The zero-order valence-corrected chi connectivity index (χ0v) is 16.1. The molecule has 0 saturated carbocycles. The molecule has 0 unspecified atom stereocenters. The van der Waals surface area contributed by atoms with E-state index in [-0.39, 0.29) is 24.6 Å². The van der Waals surface area contributed by atoms with Gasteiger partial charge in [-0.15, -0.1) is 0 Å². The number of fused-ring (bicyclic) bond motifs is 1. The van der Waals surface area contributed by atoms with Crippen molar-refractivity contribution < 1.29 is 9.59 Å². The molecule has 7 heteroatoms. The molecule has 0 aliphatic rings. The first-order chi connectivity index (χ1) is 13.3. The number of benzene rings is 2. The van der Waals surface area contributed by atoms with Crippen molar-refractivity contribution in [1.82, 2.24) is 14.9 Å². The van der Waals surface area contributed by atoms with E-state index in [1.54, 1.807) is 24.3 Å². The van der Waals surface area contributed by atoms with Crippen LogP contribution in [-0.2, 0) is 16.1 Å². The Morgan fingerprint density at radius 2 is 1.71 bits per heavy atom. The van der Waals surface area contributed by atoms with E-state index in [2.05, 4.69) is 15.6 Å². The minimum Gasteiger partial charge on any atom is -0.345 e. The van der Waals surface area contributed by atoms with Gasteiger partial charge in [-0.25, -0.2) is 4.98 Å². The molecule has 28 heavy (non-hydrogen) atoms. The highest BCUT2D eigenvalue weighted by Gasteiger charge is 2.11. The second kappa shape index (κ2) is 8.04. The molecular formula is C21H22N4O3. The predicted molar refractivity (Wildman–Crippen MR) is 108 cm³/mol. The zero-order valence-electron chi connectivity index (χ0n) is 16.1. The molecule has 144 valence electrons. The van der Waals surface area contributed by atoms with Crippen LogP contribution in [0.4, 0.5) is 5.69 Å². The van der Waals surface area contributed by atoms with E-state index >= 15 is 0 Å². The van der Waals surface area contributed by atoms with Gasteiger partial charge in [-0.05, 0) is 44.0 Å². The number of hydrogen-bond acceptors (Lipinski definition) is 4. The Labute approximate surface area is 162 Å². The second-order valence-electron chi connectivity index (χ2n) is 6.79. The molecule has 0 radical (unpaired) electrons. The number of hydrogen-bond donors (Lipinski definition) is 2. The summed E-state index contributed by atoms with van der Waals surface area (Å²) < 4.78 is 1.23. The Kier molecular flexibility index (Phi) is 5.54. The molecule has 0 spiro atoms. The van der Waals surface area contributed by atoms with Gasteiger partial charge in [-0.1, -0.05) is 29.8 Å². The maximum Gasteiger partial charge on any atom is 0.261 e. The Balaban J connectivity index is 1.61. The van der Waals surface area contributed by atoms with Crippen molar-refractivity contribution in [1.29, 1.82) is 0 Å². The molecule has 0 saturated heterocycles. The number of anilines is 1. The average Bonchev–Trinajstić information content (AvgIpc) is 2.65. The normalized spacial score (nSPS) is 10.7. The first kappa shape index (κ1) is 19.3. The van der Waals surface area contributed by atoms with Gasteiger partial charge in [0.25, 0.3) is 5.56 Å². The van der Waals surface area contributed by atoms with Crippen LogP contribution in [0.15, 0.2) is 47.5 Å². The smallest absolute Gasteiger partial charge is 0.261 e. The van der Waals surface area contributed by atoms with E-state index in [4.69, 9.17) is 0 Å². The third-order valence-corrected chi connectivity index (χ3v) is 4.43. The Bertz CT molecular complexity index is 1100. The lowest BCUT2D eigenvalue weighted by atomic mass is 10.1. The van der Waals surface area contributed by atoms with Crippen molar-refractivity contribution in [3.8, 4) is 0 Å². The van der Waals surface area contributed by atoms with Crippen LogP contribution in [0.1, 0.15) is 16.7 Å². The molecule has 1 aromatic heterocycles. The molecule has 1 heterocycles. The number of nitrogens with one attached hydrogen (secondary N) is 2. The van der Waals surface area contributed by atoms with Crippen LogP contribution < -0.4 is 16.2 Å². The molecule has 0 aliphatic heterocycles. The van der Waals surface area contributed by atoms with Crippen LogP contribution >= 0.6 is 0 Å². The molecule has 0 fully saturated rings. The summed E-state index contributed by atoms with van der Waals surface area (Å²) in [6.07, 6.45) is 1.34. The summed E-state index contributed by atoms with van der Waals surface area (Å²) in [7, 11) is 0. The highest BCUT2D eigenvalue weighted by molar-refractivity contribution is 5.95. The zero-order chi connectivity index (χ0) is 20.3. The number of aryl methyl sites for hydroxylation is 3. The van der Waals surface area contributed by atoms with Crippen LogP contribution in [0.2, 0.25) is 0 Å². The fourth-order valence-electron chi connectivity index (χ4n) is 3.17. The predicted octanol–water partition coefficient (Wildman–Crippen LogP) is 2.08. The van der Waals surface area contributed by atoms with Gasteiger partial charge in [0.2, 0.25) is 11.8 Å². The van der Waals surface area contributed by atoms with Gasteiger partial charge in [0.1, 0.15) is 6.54 Å². The maximum atomic E-state index is 12.4. The maximum absolute atomic E-state index is 12.4. The summed E-state index contributed by atoms with van der Waals surface area (Å²) in [6, 6.07) is 10.9. The summed E-state index contributed by atoms with van der Waals surface area (Å²) in [5, 5.41) is 5.81. The SMILES string of the molecule is Cc1cc(C)c(NC(=O)CNC(=O)Cn2cnc3ccccc3c2=O)c(C)c1. The summed E-state index contributed by atoms with van der Waals surface area (Å²) in [5.41, 5.74) is 4.08. The van der Waals surface area contributed by atoms with Crippen LogP contribution in [0.5, 0.6) is 0 Å². The fraction of sp³-hybridized carbons (Fsp3) is 0.238. The lowest BCUT2D eigenvalue weighted by Crippen LogP contribution is -2.37. The number of para-hydroxylation sites is 1. The number of amides is 2. The molecule has 3 rings (SSSR count). The molecule has 7 nitrogen and oxygen atoms in total. The van der Waals surface area contributed by atoms with Crippen molar-refractivity contribution in [2.45, 2.75) is 27.3 Å². The van der Waals surface area contributed by atoms with Gasteiger partial charge in [-0.3, -0.25) is 19.0 Å². The molecular weight excluding hydrogens is 356 g/mol. The number of aromatic nitrogens is 2. The fourth-order valence-corrected chi connectivity index (χ4v) is 3.17. The topological polar surface area (TPSA) is 93.1 Å². The summed E-state index contributed by atoms with van der Waals surface area (Å²) in [6.45, 7) is 5.46. The van der Waals surface area contributed by atoms with Gasteiger partial charge in [0, 0.05) is 5.69 Å². The second-order valence-corrected chi connectivity index (χ2v) is 6.79. The largest absolute Gasteiger partial charge is 0.345 e. The van der Waals surface area contributed by atoms with Crippen LogP contribution in [0.25, 0.3) is 10.9 Å². The number of rotatable bonds is 5. The summed E-state index contributed by atoms with van der Waals surface area (Å²) in [5.74, 6) is -0.765. The first-order valence-electron chi connectivity index (χ1n) is 8.93. The van der Waals surface area contributed by atoms with Crippen LogP contribution in [-0.4, -0.2) is 27.9 Å². The lowest BCUT2D eigenvalue weighted by molar-refractivity contribution is -0.124. The standard InChI is InChI=1S/C21H22N4O3/c1-13-8-14(2)20(15(3)9-13)24-18(26)10-22-19(27)11-25-12-23-17-7-5-4-6-16(17)21(25)28/h4-9,12H,10-11H2,1-3H3,(H,22,27)(H,24,26). The molecule has 2 amide bonds. The Morgan fingerprint density at radius 1 is 1.04 bits per heavy atom. The van der Waals surface area contributed by atoms with Crippen molar-refractivity contribution in [2.24, 2.45) is 0 Å². The third-order valence-electron chi connectivity index (χ3n) is 4.43. The van der Waals surface area contributed by atoms with E-state index in [1.807, 2.05) is 32.9 Å². The van der Waals surface area contributed by atoms with Gasteiger partial charge in [-0.2, -0.15) is 0 Å². The van der Waals surface area contributed by atoms with E-state index in [0.717, 1.165) is 22.4 Å². The first-order valence-corrected chi connectivity index (χ1v) is 8.93. The average molecular weight is 378 g/mol. The minimum absolute atomic E-state index is 0.179. The lowest BCUT2D eigenvalue weighted by Gasteiger charge is -2.13. The Hall–Kier alpha value is -3.48. The summed E-state index contributed by atoms with van der Waals surface area (Å²) >= 11 is 0. The van der Waals surface area contributed by atoms with Crippen LogP contribution in [0, 0.1) is 20.8 Å². The quantitative estimate of drug-likeness (QED) is 0.711. The Morgan fingerprint density at radius 3 is 2.43 bits per heavy atom. The molecule has 0 aliphatic carbocycles. The van der Waals surface area contributed by atoms with E-state index in [9.17, 15) is 14.4 Å². The highest BCUT2D eigenvalue weighted by Crippen LogP contribution is 2.21.